The van der Waals surface area contributed by atoms with Crippen LogP contribution in [0, 0.1) is 6.92 Å². The lowest BCUT2D eigenvalue weighted by Crippen LogP contribution is -1.92. The van der Waals surface area contributed by atoms with Gasteiger partial charge in [-0.15, -0.1) is 0 Å². The van der Waals surface area contributed by atoms with E-state index in [0.717, 1.165) is 11.3 Å². The normalized spacial score (nSPS) is 10.2. The summed E-state index contributed by atoms with van der Waals surface area (Å²) in [4.78, 5) is 4.18. The van der Waals surface area contributed by atoms with Crippen LogP contribution < -0.4 is 9.47 Å². The van der Waals surface area contributed by atoms with Gasteiger partial charge in [-0.2, -0.15) is 0 Å². The summed E-state index contributed by atoms with van der Waals surface area (Å²) in [6.45, 7) is 1.85. The van der Waals surface area contributed by atoms with Crippen LogP contribution in [0.4, 0.5) is 0 Å². The van der Waals surface area contributed by atoms with E-state index in [1.54, 1.807) is 20.4 Å². The van der Waals surface area contributed by atoms with Crippen molar-refractivity contribution in [3.8, 4) is 23.0 Å². The second kappa shape index (κ2) is 4.26. The zero-order chi connectivity index (χ0) is 11.5. The zero-order valence-electron chi connectivity index (χ0n) is 9.48. The second-order valence-corrected chi connectivity index (χ2v) is 3.31. The highest BCUT2D eigenvalue weighted by Gasteiger charge is 2.16. The van der Waals surface area contributed by atoms with Crippen LogP contribution in [-0.4, -0.2) is 19.2 Å². The van der Waals surface area contributed by atoms with Gasteiger partial charge in [-0.1, -0.05) is 6.07 Å². The second-order valence-electron chi connectivity index (χ2n) is 3.31. The monoisotopic (exact) mass is 219 g/mol. The Kier molecular flexibility index (Phi) is 2.81. The summed E-state index contributed by atoms with van der Waals surface area (Å²) in [6.07, 6.45) is 1.67. The molecule has 2 aromatic rings. The Morgan fingerprint density at radius 1 is 1.12 bits per heavy atom. The average Bonchev–Trinajstić information content (AvgIpc) is 2.74. The van der Waals surface area contributed by atoms with Gasteiger partial charge in [0.1, 0.15) is 22.8 Å². The van der Waals surface area contributed by atoms with Gasteiger partial charge in [-0.25, -0.2) is 4.98 Å². The first-order valence-electron chi connectivity index (χ1n) is 4.90. The summed E-state index contributed by atoms with van der Waals surface area (Å²) in [7, 11) is 3.21. The summed E-state index contributed by atoms with van der Waals surface area (Å²) >= 11 is 0. The largest absolute Gasteiger partial charge is 0.496 e. The maximum absolute atomic E-state index is 5.48. The van der Waals surface area contributed by atoms with E-state index < -0.39 is 0 Å². The molecule has 0 aliphatic heterocycles. The van der Waals surface area contributed by atoms with Crippen LogP contribution in [0.2, 0.25) is 0 Å². The fourth-order valence-electron chi connectivity index (χ4n) is 1.53. The predicted octanol–water partition coefficient (Wildman–Crippen LogP) is 2.67. The number of aryl methyl sites for hydroxylation is 1. The third-order valence-corrected chi connectivity index (χ3v) is 2.26. The van der Waals surface area contributed by atoms with Crippen LogP contribution in [0.1, 0.15) is 5.76 Å². The number of ether oxygens (including phenoxy) is 2. The maximum atomic E-state index is 5.48. The molecule has 0 aliphatic rings. The van der Waals surface area contributed by atoms with E-state index in [1.807, 2.05) is 25.1 Å². The quantitative estimate of drug-likeness (QED) is 0.796. The summed E-state index contributed by atoms with van der Waals surface area (Å²) in [5, 5.41) is 0. The van der Waals surface area contributed by atoms with Gasteiger partial charge >= 0.3 is 0 Å². The van der Waals surface area contributed by atoms with E-state index in [0.29, 0.717) is 17.4 Å². The molecule has 16 heavy (non-hydrogen) atoms. The highest BCUT2D eigenvalue weighted by molar-refractivity contribution is 5.70. The highest BCUT2D eigenvalue weighted by Crippen LogP contribution is 2.37. The molecule has 4 nitrogen and oxygen atoms in total. The number of methoxy groups -OCH3 is 2. The molecular weight excluding hydrogens is 206 g/mol. The topological polar surface area (TPSA) is 44.5 Å². The Labute approximate surface area is 93.8 Å². The number of hydrogen-bond acceptors (Lipinski definition) is 4. The van der Waals surface area contributed by atoms with Crippen molar-refractivity contribution in [3.05, 3.63) is 30.2 Å². The van der Waals surface area contributed by atoms with Crippen molar-refractivity contribution in [1.82, 2.24) is 4.98 Å². The SMILES string of the molecule is COc1cccc(OC)c1-c1ncc(C)o1. The molecule has 1 heterocycles. The Bertz CT molecular complexity index is 469. The van der Waals surface area contributed by atoms with Crippen molar-refractivity contribution >= 4 is 0 Å². The van der Waals surface area contributed by atoms with Gasteiger partial charge < -0.3 is 13.9 Å². The molecular formula is C12H13NO3. The predicted molar refractivity (Wildman–Crippen MR) is 59.8 cm³/mol. The third kappa shape index (κ3) is 1.74. The molecule has 0 bridgehead atoms. The van der Waals surface area contributed by atoms with E-state index in [1.165, 1.54) is 0 Å². The first-order chi connectivity index (χ1) is 7.76. The molecule has 0 spiro atoms. The first-order valence-corrected chi connectivity index (χ1v) is 4.90. The summed E-state index contributed by atoms with van der Waals surface area (Å²) < 4.78 is 16.0. The summed E-state index contributed by atoms with van der Waals surface area (Å²) in [6, 6.07) is 5.55. The zero-order valence-corrected chi connectivity index (χ0v) is 9.48. The van der Waals surface area contributed by atoms with E-state index >= 15 is 0 Å². The van der Waals surface area contributed by atoms with Crippen molar-refractivity contribution in [2.24, 2.45) is 0 Å². The Hall–Kier alpha value is -1.97. The number of hydrogen-bond donors (Lipinski definition) is 0. The van der Waals surface area contributed by atoms with Crippen LogP contribution in [0.5, 0.6) is 11.5 Å². The van der Waals surface area contributed by atoms with Crippen molar-refractivity contribution < 1.29 is 13.9 Å². The Morgan fingerprint density at radius 2 is 1.75 bits per heavy atom. The third-order valence-electron chi connectivity index (χ3n) is 2.26. The molecule has 0 unspecified atom stereocenters. The van der Waals surface area contributed by atoms with Crippen molar-refractivity contribution in [3.63, 3.8) is 0 Å². The number of oxazole rings is 1. The molecule has 0 fully saturated rings. The fraction of sp³-hybridized carbons (Fsp3) is 0.250. The van der Waals surface area contributed by atoms with Crippen LogP contribution in [0.15, 0.2) is 28.8 Å². The van der Waals surface area contributed by atoms with Gasteiger partial charge in [0.15, 0.2) is 0 Å². The number of aromatic nitrogens is 1. The van der Waals surface area contributed by atoms with Gasteiger partial charge in [-0.05, 0) is 19.1 Å². The minimum atomic E-state index is 0.506. The number of rotatable bonds is 3. The average molecular weight is 219 g/mol. The fourth-order valence-corrected chi connectivity index (χ4v) is 1.53. The smallest absolute Gasteiger partial charge is 0.233 e. The molecule has 1 aromatic heterocycles. The van der Waals surface area contributed by atoms with Gasteiger partial charge in [0, 0.05) is 0 Å². The van der Waals surface area contributed by atoms with E-state index in [9.17, 15) is 0 Å². The summed E-state index contributed by atoms with van der Waals surface area (Å²) in [5.41, 5.74) is 0.737. The van der Waals surface area contributed by atoms with Crippen molar-refractivity contribution in [2.45, 2.75) is 6.92 Å². The standard InChI is InChI=1S/C12H13NO3/c1-8-7-13-12(16-8)11-9(14-2)5-4-6-10(11)15-3/h4-7H,1-3H3. The molecule has 0 radical (unpaired) electrons. The van der Waals surface area contributed by atoms with Crippen LogP contribution >= 0.6 is 0 Å². The lowest BCUT2D eigenvalue weighted by Gasteiger charge is -2.09. The van der Waals surface area contributed by atoms with Crippen LogP contribution in [0.25, 0.3) is 11.5 Å². The molecule has 0 aliphatic carbocycles. The lowest BCUT2D eigenvalue weighted by atomic mass is 10.1. The van der Waals surface area contributed by atoms with Crippen LogP contribution in [0.3, 0.4) is 0 Å². The number of nitrogens with zero attached hydrogens (tertiary/aromatic N) is 1. The molecule has 1 aromatic carbocycles. The Morgan fingerprint density at radius 3 is 2.19 bits per heavy atom. The van der Waals surface area contributed by atoms with Crippen LogP contribution in [-0.2, 0) is 0 Å². The molecule has 84 valence electrons. The minimum absolute atomic E-state index is 0.506. The van der Waals surface area contributed by atoms with Gasteiger partial charge in [0.2, 0.25) is 5.89 Å². The van der Waals surface area contributed by atoms with E-state index in [2.05, 4.69) is 4.98 Å². The van der Waals surface area contributed by atoms with Gasteiger partial charge in [0.25, 0.3) is 0 Å². The molecule has 0 saturated heterocycles. The summed E-state index contributed by atoms with van der Waals surface area (Å²) in [5.74, 6) is 2.62. The molecule has 0 atom stereocenters. The molecule has 0 saturated carbocycles. The van der Waals surface area contributed by atoms with E-state index in [4.69, 9.17) is 13.9 Å². The van der Waals surface area contributed by atoms with Gasteiger partial charge in [0.05, 0.1) is 20.4 Å². The van der Waals surface area contributed by atoms with Crippen molar-refractivity contribution in [1.29, 1.82) is 0 Å². The van der Waals surface area contributed by atoms with E-state index in [-0.39, 0.29) is 0 Å². The first kappa shape index (κ1) is 10.5. The minimum Gasteiger partial charge on any atom is -0.496 e. The molecule has 4 heteroatoms. The molecule has 2 rings (SSSR count). The maximum Gasteiger partial charge on any atom is 0.233 e. The lowest BCUT2D eigenvalue weighted by molar-refractivity contribution is 0.393. The highest BCUT2D eigenvalue weighted by atomic mass is 16.5. The molecule has 0 amide bonds. The molecule has 0 N–H and O–H groups in total. The van der Waals surface area contributed by atoms with Gasteiger partial charge in [-0.3, -0.25) is 0 Å². The Balaban J connectivity index is 2.60. The van der Waals surface area contributed by atoms with Crippen molar-refractivity contribution in [2.75, 3.05) is 14.2 Å². The number of benzene rings is 1.